The van der Waals surface area contributed by atoms with Crippen molar-refractivity contribution < 1.29 is 8.78 Å². The van der Waals surface area contributed by atoms with E-state index in [1.54, 1.807) is 6.92 Å². The lowest BCUT2D eigenvalue weighted by Crippen LogP contribution is -1.91. The van der Waals surface area contributed by atoms with E-state index >= 15 is 0 Å². The standard InChI is InChI=1S/C10H8F2N2/c1-6-5-13-10(14-6)9-7(11)3-2-4-8(9)12/h2-5H,1H3,(H,13,14). The van der Waals surface area contributed by atoms with E-state index in [1.165, 1.54) is 24.4 Å². The smallest absolute Gasteiger partial charge is 0.143 e. The molecular formula is C10H8F2N2. The number of nitrogens with one attached hydrogen (secondary N) is 1. The van der Waals surface area contributed by atoms with Crippen molar-refractivity contribution in [2.24, 2.45) is 0 Å². The molecule has 72 valence electrons. The van der Waals surface area contributed by atoms with E-state index in [4.69, 9.17) is 0 Å². The molecule has 0 aliphatic heterocycles. The van der Waals surface area contributed by atoms with Gasteiger partial charge in [0, 0.05) is 11.9 Å². The van der Waals surface area contributed by atoms with Gasteiger partial charge in [0.1, 0.15) is 17.5 Å². The molecule has 1 heterocycles. The van der Waals surface area contributed by atoms with Gasteiger partial charge in [-0.05, 0) is 19.1 Å². The van der Waals surface area contributed by atoms with Crippen LogP contribution in [0.4, 0.5) is 8.78 Å². The molecule has 14 heavy (non-hydrogen) atoms. The van der Waals surface area contributed by atoms with Crippen LogP contribution in [-0.4, -0.2) is 9.97 Å². The number of rotatable bonds is 1. The van der Waals surface area contributed by atoms with E-state index < -0.39 is 11.6 Å². The Hall–Kier alpha value is -1.71. The summed E-state index contributed by atoms with van der Waals surface area (Å²) in [6.07, 6.45) is 1.53. The zero-order chi connectivity index (χ0) is 10.1. The van der Waals surface area contributed by atoms with Gasteiger partial charge in [0.05, 0.1) is 5.56 Å². The Kier molecular flexibility index (Phi) is 2.04. The third-order valence-electron chi connectivity index (χ3n) is 1.90. The average Bonchev–Trinajstić information content (AvgIpc) is 2.51. The molecule has 0 bridgehead atoms. The fraction of sp³-hybridized carbons (Fsp3) is 0.100. The molecule has 0 radical (unpaired) electrons. The van der Waals surface area contributed by atoms with Crippen molar-refractivity contribution >= 4 is 0 Å². The number of aryl methyl sites for hydroxylation is 1. The van der Waals surface area contributed by atoms with E-state index in [0.717, 1.165) is 5.69 Å². The number of hydrogen-bond acceptors (Lipinski definition) is 1. The Bertz CT molecular complexity index is 443. The second kappa shape index (κ2) is 3.21. The minimum absolute atomic E-state index is 0.111. The first-order valence-corrected chi connectivity index (χ1v) is 4.14. The molecule has 0 saturated carbocycles. The van der Waals surface area contributed by atoms with Gasteiger partial charge in [-0.25, -0.2) is 13.8 Å². The molecule has 2 rings (SSSR count). The van der Waals surface area contributed by atoms with Crippen molar-refractivity contribution in [3.05, 3.63) is 41.7 Å². The first-order chi connectivity index (χ1) is 6.68. The summed E-state index contributed by atoms with van der Waals surface area (Å²) in [6.45, 7) is 1.77. The first kappa shape index (κ1) is 8.87. The third-order valence-corrected chi connectivity index (χ3v) is 1.90. The van der Waals surface area contributed by atoms with Crippen LogP contribution in [0.25, 0.3) is 11.4 Å². The quantitative estimate of drug-likeness (QED) is 0.742. The molecule has 0 amide bonds. The molecule has 2 nitrogen and oxygen atoms in total. The zero-order valence-electron chi connectivity index (χ0n) is 7.51. The molecule has 0 aliphatic rings. The number of benzene rings is 1. The number of hydrogen-bond donors (Lipinski definition) is 1. The van der Waals surface area contributed by atoms with Crippen LogP contribution in [0.5, 0.6) is 0 Å². The summed E-state index contributed by atoms with van der Waals surface area (Å²) in [5, 5.41) is 0. The highest BCUT2D eigenvalue weighted by atomic mass is 19.1. The van der Waals surface area contributed by atoms with Crippen molar-refractivity contribution in [2.45, 2.75) is 6.92 Å². The van der Waals surface area contributed by atoms with Crippen molar-refractivity contribution in [3.8, 4) is 11.4 Å². The Morgan fingerprint density at radius 1 is 1.21 bits per heavy atom. The lowest BCUT2D eigenvalue weighted by molar-refractivity contribution is 0.588. The predicted molar refractivity (Wildman–Crippen MR) is 48.7 cm³/mol. The van der Waals surface area contributed by atoms with E-state index in [1.807, 2.05) is 0 Å². The van der Waals surface area contributed by atoms with Crippen molar-refractivity contribution in [3.63, 3.8) is 0 Å². The summed E-state index contributed by atoms with van der Waals surface area (Å²) in [5.74, 6) is -1.00. The molecule has 0 spiro atoms. The van der Waals surface area contributed by atoms with Gasteiger partial charge in [-0.2, -0.15) is 0 Å². The third kappa shape index (κ3) is 1.39. The topological polar surface area (TPSA) is 28.7 Å². The van der Waals surface area contributed by atoms with Gasteiger partial charge in [-0.1, -0.05) is 6.07 Å². The number of halogens is 2. The molecule has 2 aromatic rings. The van der Waals surface area contributed by atoms with Crippen molar-refractivity contribution in [2.75, 3.05) is 0 Å². The van der Waals surface area contributed by atoms with Crippen LogP contribution in [-0.2, 0) is 0 Å². The largest absolute Gasteiger partial charge is 0.342 e. The van der Waals surface area contributed by atoms with Crippen LogP contribution in [0.3, 0.4) is 0 Å². The highest BCUT2D eigenvalue weighted by Gasteiger charge is 2.12. The number of H-pyrrole nitrogens is 1. The van der Waals surface area contributed by atoms with Crippen LogP contribution in [0.15, 0.2) is 24.4 Å². The van der Waals surface area contributed by atoms with Gasteiger partial charge in [0.15, 0.2) is 0 Å². The summed E-state index contributed by atoms with van der Waals surface area (Å²) in [6, 6.07) is 3.73. The van der Waals surface area contributed by atoms with Gasteiger partial charge in [0.25, 0.3) is 0 Å². The lowest BCUT2D eigenvalue weighted by atomic mass is 10.2. The van der Waals surface area contributed by atoms with E-state index in [-0.39, 0.29) is 11.4 Å². The van der Waals surface area contributed by atoms with Crippen LogP contribution >= 0.6 is 0 Å². The maximum Gasteiger partial charge on any atom is 0.143 e. The van der Waals surface area contributed by atoms with Crippen molar-refractivity contribution in [1.29, 1.82) is 0 Å². The maximum absolute atomic E-state index is 13.2. The molecular weight excluding hydrogens is 186 g/mol. The van der Waals surface area contributed by atoms with Crippen molar-refractivity contribution in [1.82, 2.24) is 9.97 Å². The van der Waals surface area contributed by atoms with Crippen LogP contribution in [0, 0.1) is 18.6 Å². The van der Waals surface area contributed by atoms with E-state index in [0.29, 0.717) is 0 Å². The zero-order valence-corrected chi connectivity index (χ0v) is 7.51. The molecule has 4 heteroatoms. The van der Waals surface area contributed by atoms with Crippen LogP contribution in [0.1, 0.15) is 5.69 Å². The fourth-order valence-corrected chi connectivity index (χ4v) is 1.26. The highest BCUT2D eigenvalue weighted by Crippen LogP contribution is 2.22. The molecule has 0 fully saturated rings. The van der Waals surface area contributed by atoms with Gasteiger partial charge in [-0.15, -0.1) is 0 Å². The Balaban J connectivity index is 2.61. The van der Waals surface area contributed by atoms with E-state index in [2.05, 4.69) is 9.97 Å². The second-order valence-corrected chi connectivity index (χ2v) is 3.01. The molecule has 1 aromatic heterocycles. The van der Waals surface area contributed by atoms with E-state index in [9.17, 15) is 8.78 Å². The van der Waals surface area contributed by atoms with Crippen LogP contribution < -0.4 is 0 Å². The maximum atomic E-state index is 13.2. The number of nitrogens with zero attached hydrogens (tertiary/aromatic N) is 1. The highest BCUT2D eigenvalue weighted by molar-refractivity contribution is 5.56. The fourth-order valence-electron chi connectivity index (χ4n) is 1.26. The summed E-state index contributed by atoms with van der Waals surface area (Å²) >= 11 is 0. The Morgan fingerprint density at radius 2 is 1.86 bits per heavy atom. The SMILES string of the molecule is Cc1cnc(-c2c(F)cccc2F)[nH]1. The summed E-state index contributed by atoms with van der Waals surface area (Å²) < 4.78 is 26.5. The summed E-state index contributed by atoms with van der Waals surface area (Å²) in [5.41, 5.74) is 0.656. The number of imidazole rings is 1. The van der Waals surface area contributed by atoms with Gasteiger partial charge >= 0.3 is 0 Å². The van der Waals surface area contributed by atoms with Crippen LogP contribution in [0.2, 0.25) is 0 Å². The molecule has 0 atom stereocenters. The molecule has 0 aliphatic carbocycles. The number of aromatic nitrogens is 2. The summed E-state index contributed by atoms with van der Waals surface area (Å²) in [7, 11) is 0. The Morgan fingerprint density at radius 3 is 2.36 bits per heavy atom. The van der Waals surface area contributed by atoms with Gasteiger partial charge < -0.3 is 4.98 Å². The minimum Gasteiger partial charge on any atom is -0.342 e. The molecule has 0 saturated heterocycles. The summed E-state index contributed by atoms with van der Waals surface area (Å²) in [4.78, 5) is 6.65. The average molecular weight is 194 g/mol. The normalized spacial score (nSPS) is 10.5. The Labute approximate surface area is 79.6 Å². The van der Waals surface area contributed by atoms with Gasteiger partial charge in [-0.3, -0.25) is 0 Å². The molecule has 1 aromatic carbocycles. The minimum atomic E-state index is -0.612. The van der Waals surface area contributed by atoms with Gasteiger partial charge in [0.2, 0.25) is 0 Å². The lowest BCUT2D eigenvalue weighted by Gasteiger charge is -2.00. The predicted octanol–water partition coefficient (Wildman–Crippen LogP) is 2.66. The number of aromatic amines is 1. The molecule has 1 N–H and O–H groups in total. The molecule has 0 unspecified atom stereocenters. The monoisotopic (exact) mass is 194 g/mol. The first-order valence-electron chi connectivity index (χ1n) is 4.14. The second-order valence-electron chi connectivity index (χ2n) is 3.01.